The van der Waals surface area contributed by atoms with E-state index in [0.717, 1.165) is 74.9 Å². The van der Waals surface area contributed by atoms with Crippen molar-refractivity contribution in [2.24, 2.45) is 11.5 Å². The lowest BCUT2D eigenvalue weighted by Gasteiger charge is -2.17. The predicted octanol–water partition coefficient (Wildman–Crippen LogP) is 11.5. The number of methoxy groups -OCH3 is 2. The molecule has 0 bridgehead atoms. The molecule has 6 rings (SSSR count). The molecule has 7 N–H and O–H groups in total. The zero-order valence-corrected chi connectivity index (χ0v) is 37.7. The van der Waals surface area contributed by atoms with E-state index in [1.54, 1.807) is 24.3 Å². The molecule has 14 nitrogen and oxygen atoms in total. The number of nitrogens with two attached hydrogens (primary N) is 3. The summed E-state index contributed by atoms with van der Waals surface area (Å²) in [5.41, 5.74) is 14.8. The number of hydrogen-bond donors (Lipinski definition) is 4. The molecule has 0 aliphatic carbocycles. The standard InChI is InChI=1S/C24H17F6NO5.C17H13F5O5.C7H8N2O/c1-34-21-12-16(36-24(28,29)30)6-8-19(21)35-20-11-15(23(25,26)27)5-7-17(20)18(32)10-13-3-2-4-14(9-13)22(31)33;1-16(18,19)9-3-5-11(15(23)24)13(7-9)26-12-6-4-10(8-14(12)25-2)27-17(20,21)22;8-6-3-1-2-5(4-6)7(9)10/h2-9,11-12H,10H2,1H3,(H2,31,33);3-8H,1-2H3,(H,23,24);1-4H,8H2,(H2,9,10). The Bertz CT molecular complexity index is 2960. The van der Waals surface area contributed by atoms with E-state index in [4.69, 9.17) is 36.1 Å². The molecule has 0 atom stereocenters. The van der Waals surface area contributed by atoms with E-state index in [1.165, 1.54) is 24.3 Å². The average Bonchev–Trinajstić information content (AvgIpc) is 3.28. The van der Waals surface area contributed by atoms with E-state index < -0.39 is 88.1 Å². The Balaban J connectivity index is 0.000000273. The summed E-state index contributed by atoms with van der Waals surface area (Å²) in [6.45, 7) is 0.621. The van der Waals surface area contributed by atoms with Crippen LogP contribution in [0.2, 0.25) is 0 Å². The highest BCUT2D eigenvalue weighted by Crippen LogP contribution is 2.42. The zero-order valence-electron chi connectivity index (χ0n) is 37.7. The van der Waals surface area contributed by atoms with Crippen molar-refractivity contribution in [3.8, 4) is 46.0 Å². The maximum Gasteiger partial charge on any atom is 0.573 e. The number of halogens is 11. The van der Waals surface area contributed by atoms with Gasteiger partial charge in [0.25, 0.3) is 5.92 Å². The first-order valence-corrected chi connectivity index (χ1v) is 20.1. The number of amides is 2. The number of carboxylic acids is 1. The van der Waals surface area contributed by atoms with Gasteiger partial charge in [0.05, 0.1) is 25.3 Å². The number of nitrogen functional groups attached to an aromatic ring is 1. The number of anilines is 1. The number of carboxylic acid groups (broad SMARTS) is 1. The van der Waals surface area contributed by atoms with Crippen molar-refractivity contribution in [3.05, 3.63) is 160 Å². The number of carbonyl (C=O) groups is 4. The maximum atomic E-state index is 13.5. The second-order valence-corrected chi connectivity index (χ2v) is 14.7. The maximum absolute atomic E-state index is 13.5. The lowest BCUT2D eigenvalue weighted by Crippen LogP contribution is -2.17. The van der Waals surface area contributed by atoms with Crippen molar-refractivity contribution in [2.45, 2.75) is 38.2 Å². The van der Waals surface area contributed by atoms with Gasteiger partial charge in [0.2, 0.25) is 11.8 Å². The summed E-state index contributed by atoms with van der Waals surface area (Å²) in [4.78, 5) is 46.2. The Morgan fingerprint density at radius 1 is 0.521 bits per heavy atom. The van der Waals surface area contributed by atoms with E-state index in [0.29, 0.717) is 35.9 Å². The van der Waals surface area contributed by atoms with Gasteiger partial charge >= 0.3 is 24.9 Å². The summed E-state index contributed by atoms with van der Waals surface area (Å²) in [6, 6.07) is 22.8. The van der Waals surface area contributed by atoms with Gasteiger partial charge in [0.1, 0.15) is 28.6 Å². The van der Waals surface area contributed by atoms with Crippen LogP contribution < -0.4 is 45.6 Å². The van der Waals surface area contributed by atoms with Gasteiger partial charge in [-0.3, -0.25) is 14.4 Å². The Labute approximate surface area is 405 Å². The summed E-state index contributed by atoms with van der Waals surface area (Å²) >= 11 is 0. The quantitative estimate of drug-likeness (QED) is 0.0428. The summed E-state index contributed by atoms with van der Waals surface area (Å²) in [5, 5.41) is 9.19. The minimum absolute atomic E-state index is 0.134. The van der Waals surface area contributed by atoms with Crippen LogP contribution in [0.25, 0.3) is 0 Å². The lowest BCUT2D eigenvalue weighted by atomic mass is 9.99. The van der Waals surface area contributed by atoms with Gasteiger partial charge < -0.3 is 50.7 Å². The van der Waals surface area contributed by atoms with E-state index in [9.17, 15) is 72.6 Å². The number of carbonyl (C=O) groups excluding carboxylic acids is 3. The number of rotatable bonds is 15. The van der Waals surface area contributed by atoms with Crippen molar-refractivity contribution in [3.63, 3.8) is 0 Å². The summed E-state index contributed by atoms with van der Waals surface area (Å²) < 4.78 is 170. The summed E-state index contributed by atoms with van der Waals surface area (Å²) in [5.74, 6) is -9.69. The van der Waals surface area contributed by atoms with Crippen molar-refractivity contribution >= 4 is 29.3 Å². The molecule has 0 saturated heterocycles. The van der Waals surface area contributed by atoms with Crippen LogP contribution in [0.4, 0.5) is 54.0 Å². The summed E-state index contributed by atoms with van der Waals surface area (Å²) in [7, 11) is 2.23. The van der Waals surface area contributed by atoms with E-state index >= 15 is 0 Å². The van der Waals surface area contributed by atoms with E-state index in [-0.39, 0.29) is 40.5 Å². The predicted molar refractivity (Wildman–Crippen MR) is 236 cm³/mol. The Morgan fingerprint density at radius 2 is 0.973 bits per heavy atom. The number of benzene rings is 6. The number of ketones is 1. The number of hydrogen-bond acceptors (Lipinski definition) is 11. The molecule has 0 aliphatic heterocycles. The van der Waals surface area contributed by atoms with Gasteiger partial charge in [-0.1, -0.05) is 24.3 Å². The fourth-order valence-electron chi connectivity index (χ4n) is 5.97. The highest BCUT2D eigenvalue weighted by atomic mass is 19.4. The molecule has 25 heteroatoms. The second-order valence-electron chi connectivity index (χ2n) is 14.7. The first-order chi connectivity index (χ1) is 33.9. The third kappa shape index (κ3) is 17.2. The monoisotopic (exact) mass is 1040 g/mol. The van der Waals surface area contributed by atoms with Crippen molar-refractivity contribution in [2.75, 3.05) is 20.0 Å². The topological polar surface area (TPSA) is 222 Å². The average molecular weight is 1040 g/mol. The lowest BCUT2D eigenvalue weighted by molar-refractivity contribution is -0.275. The fourth-order valence-corrected chi connectivity index (χ4v) is 5.97. The molecular formula is C48H38F11N3O11. The van der Waals surface area contributed by atoms with E-state index in [2.05, 4.69) is 9.47 Å². The molecule has 0 spiro atoms. The van der Waals surface area contributed by atoms with E-state index in [1.807, 2.05) is 0 Å². The molecule has 0 fully saturated rings. The van der Waals surface area contributed by atoms with Gasteiger partial charge in [0, 0.05) is 47.9 Å². The molecular weight excluding hydrogens is 1000 g/mol. The number of alkyl halides is 11. The molecule has 388 valence electrons. The van der Waals surface area contributed by atoms with Crippen LogP contribution in [-0.4, -0.2) is 55.6 Å². The van der Waals surface area contributed by atoms with Crippen LogP contribution in [0.1, 0.15) is 65.0 Å². The van der Waals surface area contributed by atoms with Gasteiger partial charge in [-0.2, -0.15) is 13.2 Å². The minimum Gasteiger partial charge on any atom is -0.493 e. The number of ether oxygens (including phenoxy) is 6. The Hall–Kier alpha value is -8.77. The normalized spacial score (nSPS) is 11.4. The highest BCUT2D eigenvalue weighted by molar-refractivity contribution is 6.01. The van der Waals surface area contributed by atoms with Crippen LogP contribution in [0, 0.1) is 0 Å². The minimum atomic E-state index is -4.99. The molecule has 6 aromatic carbocycles. The van der Waals surface area contributed by atoms with Crippen LogP contribution >= 0.6 is 0 Å². The first kappa shape index (κ1) is 56.8. The SMILES string of the molecule is COc1cc(OC(F)(F)F)ccc1Oc1cc(C(C)(F)F)ccc1C(=O)O.COc1cc(OC(F)(F)F)ccc1Oc1cc(C(F)(F)F)ccc1C(=O)Cc1cccc(C(N)=O)c1.NC(=O)c1cccc(N)c1. The molecule has 0 radical (unpaired) electrons. The third-order valence-electron chi connectivity index (χ3n) is 9.25. The number of primary amides is 2. The Kier molecular flexibility index (Phi) is 18.2. The van der Waals surface area contributed by atoms with Gasteiger partial charge in [0.15, 0.2) is 28.8 Å². The smallest absolute Gasteiger partial charge is 0.493 e. The molecule has 73 heavy (non-hydrogen) atoms. The van der Waals surface area contributed by atoms with Crippen LogP contribution in [0.3, 0.4) is 0 Å². The molecule has 0 aromatic heterocycles. The van der Waals surface area contributed by atoms with Crippen molar-refractivity contribution < 1.29 is 101 Å². The van der Waals surface area contributed by atoms with Crippen molar-refractivity contribution in [1.82, 2.24) is 0 Å². The summed E-state index contributed by atoms with van der Waals surface area (Å²) in [6.07, 6.45) is -15.0. The molecule has 0 unspecified atom stereocenters. The molecule has 6 aromatic rings. The largest absolute Gasteiger partial charge is 0.573 e. The molecule has 0 aliphatic rings. The molecule has 0 saturated carbocycles. The van der Waals surface area contributed by atoms with Gasteiger partial charge in [-0.15, -0.1) is 26.3 Å². The first-order valence-electron chi connectivity index (χ1n) is 20.1. The fraction of sp³-hybridized carbons (Fsp3) is 0.167. The third-order valence-corrected chi connectivity index (χ3v) is 9.25. The van der Waals surface area contributed by atoms with Crippen LogP contribution in [0.15, 0.2) is 121 Å². The number of aromatic carboxylic acids is 1. The molecule has 2 amide bonds. The highest BCUT2D eigenvalue weighted by Gasteiger charge is 2.34. The van der Waals surface area contributed by atoms with Crippen LogP contribution in [-0.2, 0) is 18.5 Å². The van der Waals surface area contributed by atoms with Crippen LogP contribution in [0.5, 0.6) is 46.0 Å². The Morgan fingerprint density at radius 3 is 1.40 bits per heavy atom. The second kappa shape index (κ2) is 23.4. The molecule has 0 heterocycles. The number of Topliss-reactive ketones (excluding diaryl/α,β-unsaturated/α-hetero) is 1. The van der Waals surface area contributed by atoms with Gasteiger partial charge in [-0.25, -0.2) is 13.6 Å². The van der Waals surface area contributed by atoms with Crippen molar-refractivity contribution in [1.29, 1.82) is 0 Å². The zero-order chi connectivity index (χ0) is 54.6. The van der Waals surface area contributed by atoms with Gasteiger partial charge in [-0.05, 0) is 90.5 Å².